The molecule has 3 heterocycles. The number of fused-ring (bicyclic) bond motifs is 1. The Morgan fingerprint density at radius 3 is 2.96 bits per heavy atom. The molecule has 2 atom stereocenters. The van der Waals surface area contributed by atoms with Gasteiger partial charge in [0.05, 0.1) is 11.4 Å². The van der Waals surface area contributed by atoms with Crippen LogP contribution in [0, 0.1) is 6.92 Å². The molecule has 3 aromatic rings. The van der Waals surface area contributed by atoms with Gasteiger partial charge in [0, 0.05) is 41.8 Å². The van der Waals surface area contributed by atoms with Gasteiger partial charge in [-0.15, -0.1) is 5.10 Å². The normalized spacial score (nSPS) is 20.5. The predicted octanol–water partition coefficient (Wildman–Crippen LogP) is 2.08. The number of pyridine rings is 1. The Hall–Kier alpha value is -2.80. The highest BCUT2D eigenvalue weighted by Gasteiger charge is 2.30. The third-order valence-corrected chi connectivity index (χ3v) is 5.16. The van der Waals surface area contributed by atoms with Gasteiger partial charge in [0.2, 0.25) is 0 Å². The van der Waals surface area contributed by atoms with Crippen LogP contribution in [-0.4, -0.2) is 49.4 Å². The first-order valence-corrected chi connectivity index (χ1v) is 8.88. The van der Waals surface area contributed by atoms with E-state index in [1.807, 2.05) is 49.2 Å². The smallest absolute Gasteiger partial charge is 0.276 e. The summed E-state index contributed by atoms with van der Waals surface area (Å²) in [6.07, 6.45) is 5.20. The van der Waals surface area contributed by atoms with Crippen LogP contribution >= 0.6 is 0 Å². The van der Waals surface area contributed by atoms with Crippen LogP contribution in [0.5, 0.6) is 0 Å². The highest BCUT2D eigenvalue weighted by atomic mass is 16.2. The van der Waals surface area contributed by atoms with Crippen molar-refractivity contribution in [3.05, 3.63) is 48.0 Å². The van der Waals surface area contributed by atoms with Gasteiger partial charge < -0.3 is 10.6 Å². The fourth-order valence-corrected chi connectivity index (χ4v) is 3.69. The van der Waals surface area contributed by atoms with Crippen LogP contribution in [0.15, 0.2) is 36.7 Å². The van der Waals surface area contributed by atoms with Crippen LogP contribution in [0.25, 0.3) is 16.5 Å². The van der Waals surface area contributed by atoms with Crippen molar-refractivity contribution in [3.8, 4) is 5.69 Å². The van der Waals surface area contributed by atoms with Crippen LogP contribution in [0.2, 0.25) is 0 Å². The lowest BCUT2D eigenvalue weighted by molar-refractivity contribution is 0.0612. The summed E-state index contributed by atoms with van der Waals surface area (Å²) in [5, 5.41) is 10.5. The number of carbonyl (C=O) groups is 1. The van der Waals surface area contributed by atoms with Crippen molar-refractivity contribution >= 4 is 16.7 Å². The SMILES string of the molecule is Cc1c(C(=O)N2CC[C@H](N)C[C@@H]2C)nnn1-c1cccc2cnccc12. The molecule has 0 spiro atoms. The number of hydrogen-bond acceptors (Lipinski definition) is 5. The summed E-state index contributed by atoms with van der Waals surface area (Å²) in [6, 6.07) is 8.15. The molecule has 1 aliphatic rings. The molecule has 0 saturated carbocycles. The minimum atomic E-state index is -0.0740. The Kier molecular flexibility index (Phi) is 4.16. The summed E-state index contributed by atoms with van der Waals surface area (Å²) in [7, 11) is 0. The number of hydrogen-bond donors (Lipinski definition) is 1. The molecule has 26 heavy (non-hydrogen) atoms. The number of likely N-dealkylation sites (tertiary alicyclic amines) is 1. The van der Waals surface area contributed by atoms with E-state index in [0.717, 1.165) is 35.0 Å². The first-order chi connectivity index (χ1) is 12.6. The van der Waals surface area contributed by atoms with Crippen LogP contribution in [0.4, 0.5) is 0 Å². The predicted molar refractivity (Wildman–Crippen MR) is 99.1 cm³/mol. The topological polar surface area (TPSA) is 89.9 Å². The molecule has 7 heteroatoms. The summed E-state index contributed by atoms with van der Waals surface area (Å²) < 4.78 is 1.73. The van der Waals surface area contributed by atoms with E-state index in [0.29, 0.717) is 12.2 Å². The minimum Gasteiger partial charge on any atom is -0.334 e. The second kappa shape index (κ2) is 6.49. The average Bonchev–Trinajstić information content (AvgIpc) is 3.02. The molecule has 0 bridgehead atoms. The van der Waals surface area contributed by atoms with Gasteiger partial charge in [0.25, 0.3) is 5.91 Å². The van der Waals surface area contributed by atoms with Crippen molar-refractivity contribution in [1.29, 1.82) is 0 Å². The zero-order valence-corrected chi connectivity index (χ0v) is 15.0. The molecule has 1 fully saturated rings. The molecule has 134 valence electrons. The fourth-order valence-electron chi connectivity index (χ4n) is 3.69. The number of amides is 1. The zero-order chi connectivity index (χ0) is 18.3. The zero-order valence-electron chi connectivity index (χ0n) is 15.0. The lowest BCUT2D eigenvalue weighted by Gasteiger charge is -2.36. The van der Waals surface area contributed by atoms with Gasteiger partial charge >= 0.3 is 0 Å². The lowest BCUT2D eigenvalue weighted by atomic mass is 9.98. The Morgan fingerprint density at radius 1 is 1.31 bits per heavy atom. The first kappa shape index (κ1) is 16.7. The van der Waals surface area contributed by atoms with E-state index in [2.05, 4.69) is 15.3 Å². The molecular weight excluding hydrogens is 328 g/mol. The van der Waals surface area contributed by atoms with Crippen LogP contribution < -0.4 is 5.73 Å². The summed E-state index contributed by atoms with van der Waals surface area (Å²) >= 11 is 0. The first-order valence-electron chi connectivity index (χ1n) is 8.88. The Bertz CT molecular complexity index is 960. The lowest BCUT2D eigenvalue weighted by Crippen LogP contribution is -2.48. The number of aromatic nitrogens is 4. The Morgan fingerprint density at radius 2 is 2.15 bits per heavy atom. The Labute approximate surface area is 151 Å². The number of piperidine rings is 1. The summed E-state index contributed by atoms with van der Waals surface area (Å²) in [5.41, 5.74) is 8.04. The van der Waals surface area contributed by atoms with Gasteiger partial charge in [0.15, 0.2) is 5.69 Å². The average molecular weight is 350 g/mol. The molecule has 0 unspecified atom stereocenters. The van der Waals surface area contributed by atoms with Crippen molar-refractivity contribution in [2.24, 2.45) is 5.73 Å². The number of benzene rings is 1. The number of rotatable bonds is 2. The summed E-state index contributed by atoms with van der Waals surface area (Å²) in [5.74, 6) is -0.0740. The third-order valence-electron chi connectivity index (χ3n) is 5.16. The van der Waals surface area contributed by atoms with Gasteiger partial charge in [-0.05, 0) is 38.8 Å². The third kappa shape index (κ3) is 2.74. The van der Waals surface area contributed by atoms with E-state index >= 15 is 0 Å². The minimum absolute atomic E-state index is 0.0740. The van der Waals surface area contributed by atoms with Gasteiger partial charge in [-0.2, -0.15) is 0 Å². The molecule has 2 aromatic heterocycles. The van der Waals surface area contributed by atoms with Crippen LogP contribution in [0.1, 0.15) is 35.9 Å². The number of carbonyl (C=O) groups excluding carboxylic acids is 1. The van der Waals surface area contributed by atoms with E-state index in [4.69, 9.17) is 5.73 Å². The molecule has 0 aliphatic carbocycles. The van der Waals surface area contributed by atoms with E-state index < -0.39 is 0 Å². The van der Waals surface area contributed by atoms with Crippen LogP contribution in [0.3, 0.4) is 0 Å². The quantitative estimate of drug-likeness (QED) is 0.764. The van der Waals surface area contributed by atoms with Crippen molar-refractivity contribution in [2.75, 3.05) is 6.54 Å². The van der Waals surface area contributed by atoms with Crippen LogP contribution in [-0.2, 0) is 0 Å². The van der Waals surface area contributed by atoms with Crippen molar-refractivity contribution in [2.45, 2.75) is 38.8 Å². The molecular formula is C19H22N6O. The molecule has 1 aromatic carbocycles. The highest BCUT2D eigenvalue weighted by molar-refractivity contribution is 5.94. The maximum Gasteiger partial charge on any atom is 0.276 e. The van der Waals surface area contributed by atoms with Gasteiger partial charge in [0.1, 0.15) is 0 Å². The molecule has 1 amide bonds. The number of nitrogens with zero attached hydrogens (tertiary/aromatic N) is 5. The molecule has 2 N–H and O–H groups in total. The number of nitrogens with two attached hydrogens (primary N) is 1. The standard InChI is InChI=1S/C19H22N6O/c1-12-10-15(20)7-9-24(12)19(26)18-13(2)25(23-22-18)17-5-3-4-14-11-21-8-6-16(14)17/h3-6,8,11-12,15H,7,9-10,20H2,1-2H3/t12-,15-/m0/s1. The van der Waals surface area contributed by atoms with Gasteiger partial charge in [-0.25, -0.2) is 4.68 Å². The largest absolute Gasteiger partial charge is 0.334 e. The molecule has 1 saturated heterocycles. The maximum absolute atomic E-state index is 13.0. The Balaban J connectivity index is 1.71. The summed E-state index contributed by atoms with van der Waals surface area (Å²) in [4.78, 5) is 19.0. The molecule has 4 rings (SSSR count). The molecule has 1 aliphatic heterocycles. The molecule has 0 radical (unpaired) electrons. The van der Waals surface area contributed by atoms with Crippen molar-refractivity contribution in [1.82, 2.24) is 24.9 Å². The van der Waals surface area contributed by atoms with Gasteiger partial charge in [-0.3, -0.25) is 9.78 Å². The summed E-state index contributed by atoms with van der Waals surface area (Å²) in [6.45, 7) is 4.58. The molecule has 7 nitrogen and oxygen atoms in total. The van der Waals surface area contributed by atoms with E-state index in [-0.39, 0.29) is 18.0 Å². The second-order valence-electron chi connectivity index (χ2n) is 6.94. The fraction of sp³-hybridized carbons (Fsp3) is 0.368. The van der Waals surface area contributed by atoms with Gasteiger partial charge in [-0.1, -0.05) is 17.3 Å². The highest BCUT2D eigenvalue weighted by Crippen LogP contribution is 2.24. The second-order valence-corrected chi connectivity index (χ2v) is 6.94. The van der Waals surface area contributed by atoms with Crippen molar-refractivity contribution < 1.29 is 4.79 Å². The maximum atomic E-state index is 13.0. The van der Waals surface area contributed by atoms with E-state index in [1.54, 1.807) is 10.9 Å². The monoisotopic (exact) mass is 350 g/mol. The van der Waals surface area contributed by atoms with E-state index in [1.165, 1.54) is 0 Å². The van der Waals surface area contributed by atoms with E-state index in [9.17, 15) is 4.79 Å². The van der Waals surface area contributed by atoms with Crippen molar-refractivity contribution in [3.63, 3.8) is 0 Å².